The standard InChI is InChI=1S/C18H34ClNO/c1-8-20-11-9-10-17(5,6)16(20)13-21-18(7,14(2)3)15(4)12-19/h14,16H,4,8-13H2,1-3,5-7H3. The van der Waals surface area contributed by atoms with Crippen molar-refractivity contribution < 1.29 is 4.74 Å². The van der Waals surface area contributed by atoms with Crippen molar-refractivity contribution in [2.24, 2.45) is 11.3 Å². The minimum atomic E-state index is -0.339. The van der Waals surface area contributed by atoms with Crippen LogP contribution in [0.25, 0.3) is 0 Å². The molecule has 1 fully saturated rings. The molecule has 21 heavy (non-hydrogen) atoms. The van der Waals surface area contributed by atoms with Crippen molar-refractivity contribution in [1.29, 1.82) is 0 Å². The first-order valence-electron chi connectivity index (χ1n) is 8.31. The van der Waals surface area contributed by atoms with E-state index in [-0.39, 0.29) is 5.60 Å². The van der Waals surface area contributed by atoms with Gasteiger partial charge in [-0.2, -0.15) is 0 Å². The normalized spacial score (nSPS) is 25.8. The van der Waals surface area contributed by atoms with Crippen LogP contribution in [0.5, 0.6) is 0 Å². The van der Waals surface area contributed by atoms with Gasteiger partial charge in [-0.15, -0.1) is 11.6 Å². The van der Waals surface area contributed by atoms with Gasteiger partial charge in [0.05, 0.1) is 12.2 Å². The quantitative estimate of drug-likeness (QED) is 0.498. The summed E-state index contributed by atoms with van der Waals surface area (Å²) in [5.41, 5.74) is 0.944. The summed E-state index contributed by atoms with van der Waals surface area (Å²) in [6, 6.07) is 0.470. The molecule has 2 unspecified atom stereocenters. The van der Waals surface area contributed by atoms with Gasteiger partial charge >= 0.3 is 0 Å². The van der Waals surface area contributed by atoms with E-state index in [1.54, 1.807) is 0 Å². The van der Waals surface area contributed by atoms with Gasteiger partial charge in [0.25, 0.3) is 0 Å². The topological polar surface area (TPSA) is 12.5 Å². The number of rotatable bonds is 7. The molecular weight excluding hydrogens is 282 g/mol. The van der Waals surface area contributed by atoms with Crippen molar-refractivity contribution in [1.82, 2.24) is 4.90 Å². The number of alkyl halides is 1. The number of piperidine rings is 1. The Morgan fingerprint density at radius 3 is 2.57 bits per heavy atom. The number of nitrogens with zero attached hydrogens (tertiary/aromatic N) is 1. The second-order valence-corrected chi connectivity index (χ2v) is 7.81. The summed E-state index contributed by atoms with van der Waals surface area (Å²) >= 11 is 6.02. The maximum absolute atomic E-state index is 6.43. The maximum atomic E-state index is 6.43. The predicted molar refractivity (Wildman–Crippen MR) is 93.1 cm³/mol. The largest absolute Gasteiger partial charge is 0.369 e. The molecule has 0 N–H and O–H groups in total. The molecule has 3 heteroatoms. The number of likely N-dealkylation sites (tertiary alicyclic amines) is 1. The summed E-state index contributed by atoms with van der Waals surface area (Å²) in [4.78, 5) is 2.56. The molecule has 1 rings (SSSR count). The van der Waals surface area contributed by atoms with Crippen LogP contribution in [0.2, 0.25) is 0 Å². The van der Waals surface area contributed by atoms with Crippen LogP contribution in [0.4, 0.5) is 0 Å². The van der Waals surface area contributed by atoms with Crippen molar-refractivity contribution in [2.45, 2.75) is 66.0 Å². The lowest BCUT2D eigenvalue weighted by Crippen LogP contribution is -2.54. The van der Waals surface area contributed by atoms with Crippen molar-refractivity contribution in [2.75, 3.05) is 25.6 Å². The van der Waals surface area contributed by atoms with Crippen molar-refractivity contribution in [3.8, 4) is 0 Å². The predicted octanol–water partition coefficient (Wildman–Crippen LogP) is 4.72. The third-order valence-corrected chi connectivity index (χ3v) is 5.84. The Kier molecular flexibility index (Phi) is 6.77. The van der Waals surface area contributed by atoms with Crippen LogP contribution in [-0.2, 0) is 4.74 Å². The molecule has 2 nitrogen and oxygen atoms in total. The Balaban J connectivity index is 2.84. The summed E-state index contributed by atoms with van der Waals surface area (Å²) < 4.78 is 6.43. The van der Waals surface area contributed by atoms with Crippen LogP contribution in [0.3, 0.4) is 0 Å². The van der Waals surface area contributed by atoms with Crippen LogP contribution in [0.1, 0.15) is 54.4 Å². The molecule has 0 aromatic carbocycles. The average Bonchev–Trinajstić information content (AvgIpc) is 2.43. The lowest BCUT2D eigenvalue weighted by molar-refractivity contribution is -0.0917. The molecule has 0 aromatic heterocycles. The Morgan fingerprint density at radius 2 is 2.10 bits per heavy atom. The first-order valence-corrected chi connectivity index (χ1v) is 8.84. The van der Waals surface area contributed by atoms with Gasteiger partial charge in [-0.1, -0.05) is 41.2 Å². The third kappa shape index (κ3) is 4.24. The van der Waals surface area contributed by atoms with E-state index in [4.69, 9.17) is 16.3 Å². The van der Waals surface area contributed by atoms with Crippen LogP contribution < -0.4 is 0 Å². The number of likely N-dealkylation sites (N-methyl/N-ethyl adjacent to an activating group) is 1. The molecule has 1 heterocycles. The fourth-order valence-corrected chi connectivity index (χ4v) is 3.59. The van der Waals surface area contributed by atoms with Crippen molar-refractivity contribution >= 4 is 11.6 Å². The summed E-state index contributed by atoms with van der Waals surface area (Å²) in [5.74, 6) is 0.825. The molecular formula is C18H34ClNO. The number of hydrogen-bond donors (Lipinski definition) is 0. The van der Waals surface area contributed by atoms with E-state index in [9.17, 15) is 0 Å². The lowest BCUT2D eigenvalue weighted by Gasteiger charge is -2.48. The van der Waals surface area contributed by atoms with Crippen LogP contribution in [0, 0.1) is 11.3 Å². The summed E-state index contributed by atoms with van der Waals surface area (Å²) in [6.45, 7) is 20.6. The highest BCUT2D eigenvalue weighted by Crippen LogP contribution is 2.37. The van der Waals surface area contributed by atoms with Gasteiger partial charge in [-0.3, -0.25) is 4.90 Å². The molecule has 0 spiro atoms. The summed E-state index contributed by atoms with van der Waals surface area (Å²) in [6.07, 6.45) is 2.56. The van der Waals surface area contributed by atoms with E-state index in [2.05, 4.69) is 53.0 Å². The molecule has 1 aliphatic rings. The Bertz CT molecular complexity index is 353. The van der Waals surface area contributed by atoms with Gasteiger partial charge in [0, 0.05) is 11.9 Å². The zero-order valence-corrected chi connectivity index (χ0v) is 15.6. The van der Waals surface area contributed by atoms with Crippen LogP contribution in [-0.4, -0.2) is 42.1 Å². The zero-order valence-electron chi connectivity index (χ0n) is 14.8. The van der Waals surface area contributed by atoms with Gasteiger partial charge in [-0.25, -0.2) is 0 Å². The van der Waals surface area contributed by atoms with Gasteiger partial charge in [0.1, 0.15) is 0 Å². The second-order valence-electron chi connectivity index (χ2n) is 7.55. The first-order chi connectivity index (χ1) is 9.69. The third-order valence-electron chi connectivity index (χ3n) is 5.52. The zero-order chi connectivity index (χ0) is 16.3. The molecule has 0 saturated carbocycles. The molecule has 1 aliphatic heterocycles. The molecule has 0 aliphatic carbocycles. The second kappa shape index (κ2) is 7.48. The summed E-state index contributed by atoms with van der Waals surface area (Å²) in [5, 5.41) is 0. The highest BCUT2D eigenvalue weighted by Gasteiger charge is 2.40. The molecule has 2 atom stereocenters. The lowest BCUT2D eigenvalue weighted by atomic mass is 9.76. The fourth-order valence-electron chi connectivity index (χ4n) is 3.33. The monoisotopic (exact) mass is 315 g/mol. The molecule has 124 valence electrons. The first kappa shape index (κ1) is 19.0. The maximum Gasteiger partial charge on any atom is 0.0895 e. The molecule has 0 aromatic rings. The van der Waals surface area contributed by atoms with Gasteiger partial charge in [-0.05, 0) is 49.8 Å². The SMILES string of the molecule is C=C(CCl)C(C)(OCC1N(CC)CCCC1(C)C)C(C)C. The fraction of sp³-hybridized carbons (Fsp3) is 0.889. The highest BCUT2D eigenvalue weighted by atomic mass is 35.5. The number of halogens is 1. The Labute approximate surface area is 136 Å². The minimum Gasteiger partial charge on any atom is -0.369 e. The van der Waals surface area contributed by atoms with Crippen LogP contribution >= 0.6 is 11.6 Å². The van der Waals surface area contributed by atoms with E-state index in [1.807, 2.05) is 0 Å². The Morgan fingerprint density at radius 1 is 1.48 bits per heavy atom. The van der Waals surface area contributed by atoms with E-state index in [0.29, 0.717) is 23.3 Å². The minimum absolute atomic E-state index is 0.300. The van der Waals surface area contributed by atoms with E-state index in [0.717, 1.165) is 18.7 Å². The van der Waals surface area contributed by atoms with E-state index >= 15 is 0 Å². The summed E-state index contributed by atoms with van der Waals surface area (Å²) in [7, 11) is 0. The molecule has 0 amide bonds. The molecule has 1 saturated heterocycles. The smallest absolute Gasteiger partial charge is 0.0895 e. The van der Waals surface area contributed by atoms with Gasteiger partial charge < -0.3 is 4.74 Å². The van der Waals surface area contributed by atoms with Crippen molar-refractivity contribution in [3.63, 3.8) is 0 Å². The molecule has 0 radical (unpaired) electrons. The highest BCUT2D eigenvalue weighted by molar-refractivity contribution is 6.19. The number of hydrogen-bond acceptors (Lipinski definition) is 2. The molecule has 0 bridgehead atoms. The number of ether oxygens (including phenoxy) is 1. The van der Waals surface area contributed by atoms with E-state index in [1.165, 1.54) is 19.4 Å². The van der Waals surface area contributed by atoms with Gasteiger partial charge in [0.2, 0.25) is 0 Å². The average molecular weight is 316 g/mol. The van der Waals surface area contributed by atoms with Crippen LogP contribution in [0.15, 0.2) is 12.2 Å². The van der Waals surface area contributed by atoms with Crippen molar-refractivity contribution in [3.05, 3.63) is 12.2 Å². The van der Waals surface area contributed by atoms with E-state index < -0.39 is 0 Å². The Hall–Kier alpha value is -0.0500. The van der Waals surface area contributed by atoms with Gasteiger partial charge in [0.15, 0.2) is 0 Å².